The van der Waals surface area contributed by atoms with Crippen LogP contribution in [0.3, 0.4) is 0 Å². The van der Waals surface area contributed by atoms with Gasteiger partial charge in [0.2, 0.25) is 0 Å². The van der Waals surface area contributed by atoms with Gasteiger partial charge in [-0.15, -0.1) is 0 Å². The Labute approximate surface area is 87.3 Å². The largest absolute Gasteiger partial charge is 0.0645 e. The molecule has 1 aromatic carbocycles. The van der Waals surface area contributed by atoms with Gasteiger partial charge in [-0.25, -0.2) is 0 Å². The van der Waals surface area contributed by atoms with Gasteiger partial charge < -0.3 is 0 Å². The van der Waals surface area contributed by atoms with E-state index in [1.807, 2.05) is 0 Å². The molecule has 0 aliphatic heterocycles. The highest BCUT2D eigenvalue weighted by Crippen LogP contribution is 2.47. The van der Waals surface area contributed by atoms with Gasteiger partial charge in [0.15, 0.2) is 0 Å². The SMILES string of the molecule is CCC1(c2ccccc2)CCCC1C. The fraction of sp³-hybridized carbons (Fsp3) is 0.571. The fourth-order valence-corrected chi connectivity index (χ4v) is 3.17. The Morgan fingerprint density at radius 3 is 2.50 bits per heavy atom. The molecule has 0 heterocycles. The van der Waals surface area contributed by atoms with Crippen molar-refractivity contribution in [2.24, 2.45) is 5.92 Å². The number of benzene rings is 1. The normalized spacial score (nSPS) is 32.0. The average molecular weight is 188 g/mol. The molecule has 2 atom stereocenters. The van der Waals surface area contributed by atoms with Gasteiger partial charge in [-0.05, 0) is 36.2 Å². The van der Waals surface area contributed by atoms with Crippen LogP contribution < -0.4 is 0 Å². The first-order valence-corrected chi connectivity index (χ1v) is 5.85. The van der Waals surface area contributed by atoms with Gasteiger partial charge in [-0.2, -0.15) is 0 Å². The van der Waals surface area contributed by atoms with E-state index in [1.165, 1.54) is 25.7 Å². The minimum absolute atomic E-state index is 0.487. The molecular formula is C14H20. The van der Waals surface area contributed by atoms with E-state index in [4.69, 9.17) is 0 Å². The van der Waals surface area contributed by atoms with Crippen molar-refractivity contribution >= 4 is 0 Å². The van der Waals surface area contributed by atoms with Crippen molar-refractivity contribution in [1.29, 1.82) is 0 Å². The number of hydrogen-bond acceptors (Lipinski definition) is 0. The summed E-state index contributed by atoms with van der Waals surface area (Å²) in [5.74, 6) is 0.856. The topological polar surface area (TPSA) is 0 Å². The second-order valence-corrected chi connectivity index (χ2v) is 4.67. The van der Waals surface area contributed by atoms with Gasteiger partial charge in [-0.3, -0.25) is 0 Å². The van der Waals surface area contributed by atoms with E-state index >= 15 is 0 Å². The Kier molecular flexibility index (Phi) is 2.62. The molecule has 2 rings (SSSR count). The summed E-state index contributed by atoms with van der Waals surface area (Å²) in [6.07, 6.45) is 5.49. The maximum atomic E-state index is 2.42. The fourth-order valence-electron chi connectivity index (χ4n) is 3.17. The Hall–Kier alpha value is -0.780. The Bertz CT molecular complexity index is 288. The van der Waals surface area contributed by atoms with Crippen LogP contribution in [0.15, 0.2) is 30.3 Å². The van der Waals surface area contributed by atoms with E-state index in [9.17, 15) is 0 Å². The molecule has 0 N–H and O–H groups in total. The smallest absolute Gasteiger partial charge is 0.00240 e. The van der Waals surface area contributed by atoms with E-state index in [0.29, 0.717) is 5.41 Å². The zero-order valence-electron chi connectivity index (χ0n) is 9.29. The molecule has 0 bridgehead atoms. The van der Waals surface area contributed by atoms with Crippen LogP contribution in [0.2, 0.25) is 0 Å². The molecule has 1 saturated carbocycles. The van der Waals surface area contributed by atoms with Gasteiger partial charge in [-0.1, -0.05) is 50.6 Å². The summed E-state index contributed by atoms with van der Waals surface area (Å²) in [4.78, 5) is 0. The van der Waals surface area contributed by atoms with Crippen LogP contribution in [-0.4, -0.2) is 0 Å². The van der Waals surface area contributed by atoms with Gasteiger partial charge >= 0.3 is 0 Å². The van der Waals surface area contributed by atoms with Crippen LogP contribution in [0, 0.1) is 5.92 Å². The predicted molar refractivity (Wildman–Crippen MR) is 61.4 cm³/mol. The molecule has 0 saturated heterocycles. The van der Waals surface area contributed by atoms with E-state index in [1.54, 1.807) is 5.56 Å². The van der Waals surface area contributed by atoms with Crippen molar-refractivity contribution < 1.29 is 0 Å². The minimum Gasteiger partial charge on any atom is -0.0645 e. The highest BCUT2D eigenvalue weighted by molar-refractivity contribution is 5.27. The molecule has 0 aromatic heterocycles. The molecule has 76 valence electrons. The van der Waals surface area contributed by atoms with Crippen LogP contribution in [-0.2, 0) is 5.41 Å². The number of rotatable bonds is 2. The second-order valence-electron chi connectivity index (χ2n) is 4.67. The molecule has 0 spiro atoms. The van der Waals surface area contributed by atoms with Gasteiger partial charge in [0.25, 0.3) is 0 Å². The summed E-state index contributed by atoms with van der Waals surface area (Å²) in [6, 6.07) is 11.1. The molecular weight excluding hydrogens is 168 g/mol. The lowest BCUT2D eigenvalue weighted by Crippen LogP contribution is -2.27. The predicted octanol–water partition coefficient (Wildman–Crippen LogP) is 4.15. The van der Waals surface area contributed by atoms with Crippen LogP contribution >= 0.6 is 0 Å². The van der Waals surface area contributed by atoms with Gasteiger partial charge in [0.05, 0.1) is 0 Å². The first-order chi connectivity index (χ1) is 6.79. The molecule has 0 radical (unpaired) electrons. The van der Waals surface area contributed by atoms with E-state index < -0.39 is 0 Å². The van der Waals surface area contributed by atoms with Crippen LogP contribution in [0.25, 0.3) is 0 Å². The highest BCUT2D eigenvalue weighted by atomic mass is 14.4. The molecule has 1 fully saturated rings. The molecule has 1 aliphatic carbocycles. The lowest BCUT2D eigenvalue weighted by atomic mass is 9.71. The van der Waals surface area contributed by atoms with Crippen molar-refractivity contribution in [3.05, 3.63) is 35.9 Å². The van der Waals surface area contributed by atoms with Crippen molar-refractivity contribution in [2.75, 3.05) is 0 Å². The van der Waals surface area contributed by atoms with Crippen LogP contribution in [0.5, 0.6) is 0 Å². The van der Waals surface area contributed by atoms with Crippen molar-refractivity contribution in [3.63, 3.8) is 0 Å². The van der Waals surface area contributed by atoms with Gasteiger partial charge in [0.1, 0.15) is 0 Å². The quantitative estimate of drug-likeness (QED) is 0.654. The third-order valence-electron chi connectivity index (χ3n) is 4.18. The molecule has 0 amide bonds. The summed E-state index contributed by atoms with van der Waals surface area (Å²) in [5, 5.41) is 0. The summed E-state index contributed by atoms with van der Waals surface area (Å²) in [6.45, 7) is 4.76. The van der Waals surface area contributed by atoms with Crippen LogP contribution in [0.1, 0.15) is 45.1 Å². The maximum Gasteiger partial charge on any atom is -0.00240 e. The monoisotopic (exact) mass is 188 g/mol. The zero-order valence-corrected chi connectivity index (χ0v) is 9.29. The molecule has 1 aromatic rings. The molecule has 1 aliphatic rings. The Balaban J connectivity index is 2.38. The molecule has 2 unspecified atom stereocenters. The minimum atomic E-state index is 0.487. The third kappa shape index (κ3) is 1.37. The number of hydrogen-bond donors (Lipinski definition) is 0. The zero-order chi connectivity index (χ0) is 10.0. The second kappa shape index (κ2) is 3.76. The first-order valence-electron chi connectivity index (χ1n) is 5.85. The highest BCUT2D eigenvalue weighted by Gasteiger charge is 2.39. The van der Waals surface area contributed by atoms with E-state index in [0.717, 1.165) is 5.92 Å². The van der Waals surface area contributed by atoms with Crippen molar-refractivity contribution in [1.82, 2.24) is 0 Å². The van der Waals surface area contributed by atoms with Crippen molar-refractivity contribution in [3.8, 4) is 0 Å². The first kappa shape index (κ1) is 9.76. The maximum absolute atomic E-state index is 2.42. The van der Waals surface area contributed by atoms with E-state index in [2.05, 4.69) is 44.2 Å². The summed E-state index contributed by atoms with van der Waals surface area (Å²) >= 11 is 0. The summed E-state index contributed by atoms with van der Waals surface area (Å²) < 4.78 is 0. The average Bonchev–Trinajstić information content (AvgIpc) is 2.62. The summed E-state index contributed by atoms with van der Waals surface area (Å²) in [7, 11) is 0. The Morgan fingerprint density at radius 1 is 1.29 bits per heavy atom. The molecule has 0 heteroatoms. The standard InChI is InChI=1S/C14H20/c1-3-14(11-7-8-12(14)2)13-9-5-4-6-10-13/h4-6,9-10,12H,3,7-8,11H2,1-2H3. The van der Waals surface area contributed by atoms with Crippen LogP contribution in [0.4, 0.5) is 0 Å². The molecule has 14 heavy (non-hydrogen) atoms. The molecule has 0 nitrogen and oxygen atoms in total. The van der Waals surface area contributed by atoms with E-state index in [-0.39, 0.29) is 0 Å². The third-order valence-corrected chi connectivity index (χ3v) is 4.18. The van der Waals surface area contributed by atoms with Gasteiger partial charge in [0, 0.05) is 0 Å². The lowest BCUT2D eigenvalue weighted by Gasteiger charge is -2.33. The lowest BCUT2D eigenvalue weighted by molar-refractivity contribution is 0.324. The van der Waals surface area contributed by atoms with Crippen molar-refractivity contribution in [2.45, 2.75) is 44.9 Å². The summed E-state index contributed by atoms with van der Waals surface area (Å²) in [5.41, 5.74) is 2.05. The Morgan fingerprint density at radius 2 is 2.00 bits per heavy atom.